The third-order valence-electron chi connectivity index (χ3n) is 4.02. The highest BCUT2D eigenvalue weighted by Crippen LogP contribution is 2.22. The van der Waals surface area contributed by atoms with E-state index in [1.54, 1.807) is 0 Å². The first kappa shape index (κ1) is 14.1. The van der Waals surface area contributed by atoms with Crippen molar-refractivity contribution in [2.75, 3.05) is 0 Å². The molecule has 0 aromatic carbocycles. The van der Waals surface area contributed by atoms with Crippen LogP contribution < -0.4 is 0 Å². The van der Waals surface area contributed by atoms with Crippen LogP contribution >= 0.6 is 0 Å². The van der Waals surface area contributed by atoms with Gasteiger partial charge in [-0.1, -0.05) is 72.5 Å². The third-order valence-corrected chi connectivity index (χ3v) is 4.02. The van der Waals surface area contributed by atoms with E-state index in [-0.39, 0.29) is 0 Å². The van der Waals surface area contributed by atoms with Crippen molar-refractivity contribution in [3.05, 3.63) is 96.1 Å². The molecular formula is C24H14. The molecule has 4 rings (SSSR count). The molecule has 0 saturated heterocycles. The fourth-order valence-electron chi connectivity index (χ4n) is 2.71. The van der Waals surface area contributed by atoms with Crippen molar-refractivity contribution < 1.29 is 0 Å². The molecule has 0 nitrogen and oxygen atoms in total. The van der Waals surface area contributed by atoms with Crippen molar-refractivity contribution in [1.82, 2.24) is 0 Å². The first-order valence-corrected chi connectivity index (χ1v) is 7.88. The molecule has 0 N–H and O–H groups in total. The lowest BCUT2D eigenvalue weighted by Crippen LogP contribution is -1.67. The van der Waals surface area contributed by atoms with Crippen molar-refractivity contribution in [3.8, 4) is 45.9 Å². The maximum atomic E-state index is 3.11. The van der Waals surface area contributed by atoms with Gasteiger partial charge in [0.1, 0.15) is 0 Å². The summed E-state index contributed by atoms with van der Waals surface area (Å²) in [6.07, 6.45) is 0. The summed E-state index contributed by atoms with van der Waals surface area (Å²) in [6, 6.07) is 29.0. The van der Waals surface area contributed by atoms with E-state index in [9.17, 15) is 0 Å². The van der Waals surface area contributed by atoms with Gasteiger partial charge in [0.25, 0.3) is 0 Å². The third kappa shape index (κ3) is 3.00. The molecular weight excluding hydrogens is 288 g/mol. The lowest BCUT2D eigenvalue weighted by molar-refractivity contribution is 1.75. The maximum Gasteiger partial charge on any atom is 0.0255 e. The summed E-state index contributed by atoms with van der Waals surface area (Å²) in [5, 5.41) is 0. The fraction of sp³-hybridized carbons (Fsp3) is 0. The Morgan fingerprint density at radius 3 is 1.04 bits per heavy atom. The van der Waals surface area contributed by atoms with E-state index in [1.807, 2.05) is 24.3 Å². The molecule has 110 valence electrons. The molecule has 0 spiro atoms. The Bertz CT molecular complexity index is 914. The predicted molar refractivity (Wildman–Crippen MR) is 99.9 cm³/mol. The van der Waals surface area contributed by atoms with E-state index in [0.717, 1.165) is 11.1 Å². The van der Waals surface area contributed by atoms with Crippen LogP contribution in [0, 0.1) is 23.7 Å². The first-order chi connectivity index (χ1) is 11.9. The Hall–Kier alpha value is -3.48. The fourth-order valence-corrected chi connectivity index (χ4v) is 2.71. The second-order valence-electron chi connectivity index (χ2n) is 5.62. The molecule has 0 aliphatic heterocycles. The molecule has 0 amide bonds. The van der Waals surface area contributed by atoms with Crippen LogP contribution in [0.4, 0.5) is 0 Å². The summed E-state index contributed by atoms with van der Waals surface area (Å²) < 4.78 is 0. The van der Waals surface area contributed by atoms with Crippen molar-refractivity contribution in [3.63, 3.8) is 0 Å². The molecule has 0 radical (unpaired) electrons. The summed E-state index contributed by atoms with van der Waals surface area (Å²) in [6.45, 7) is 0. The minimum atomic E-state index is 0.970. The molecule has 4 aliphatic rings. The van der Waals surface area contributed by atoms with Gasteiger partial charge in [-0.3, -0.25) is 0 Å². The largest absolute Gasteiger partial charge is 0.0610 e. The van der Waals surface area contributed by atoms with Gasteiger partial charge in [0.05, 0.1) is 0 Å². The number of fused-ring (bicyclic) bond motifs is 2. The minimum Gasteiger partial charge on any atom is -0.0610 e. The van der Waals surface area contributed by atoms with Gasteiger partial charge in [-0.25, -0.2) is 0 Å². The van der Waals surface area contributed by atoms with Crippen molar-refractivity contribution in [2.45, 2.75) is 0 Å². The lowest BCUT2D eigenvalue weighted by atomic mass is 10.2. The van der Waals surface area contributed by atoms with Crippen LogP contribution in [-0.2, 0) is 0 Å². The summed E-state index contributed by atoms with van der Waals surface area (Å²) >= 11 is 0. The van der Waals surface area contributed by atoms with Gasteiger partial charge < -0.3 is 0 Å². The highest BCUT2D eigenvalue weighted by molar-refractivity contribution is 5.67. The quantitative estimate of drug-likeness (QED) is 0.387. The SMILES string of the molecule is C(C#Cc1ccc2cccc-2cc1)#Cc1ccc2cccc-2cc1. The number of hydrogen-bond acceptors (Lipinski definition) is 0. The van der Waals surface area contributed by atoms with Gasteiger partial charge in [-0.05, 0) is 58.4 Å². The Morgan fingerprint density at radius 2 is 0.708 bits per heavy atom. The van der Waals surface area contributed by atoms with Crippen LogP contribution in [-0.4, -0.2) is 0 Å². The second-order valence-corrected chi connectivity index (χ2v) is 5.62. The summed E-state index contributed by atoms with van der Waals surface area (Å²) in [4.78, 5) is 0. The molecule has 0 saturated carbocycles. The topological polar surface area (TPSA) is 0 Å². The molecule has 0 fully saturated rings. The van der Waals surface area contributed by atoms with Crippen molar-refractivity contribution in [1.29, 1.82) is 0 Å². The zero-order valence-electron chi connectivity index (χ0n) is 13.1. The second kappa shape index (κ2) is 6.33. The highest BCUT2D eigenvalue weighted by atomic mass is 14.0. The Labute approximate surface area is 142 Å². The normalized spacial score (nSPS) is 9.83. The molecule has 0 aromatic heterocycles. The molecule has 0 heteroatoms. The van der Waals surface area contributed by atoms with Gasteiger partial charge in [-0.15, -0.1) is 0 Å². The van der Waals surface area contributed by atoms with E-state index in [2.05, 4.69) is 84.3 Å². The average Bonchev–Trinajstić information content (AvgIpc) is 3.15. The van der Waals surface area contributed by atoms with Gasteiger partial charge in [0.2, 0.25) is 0 Å². The van der Waals surface area contributed by atoms with Crippen LogP contribution in [0.2, 0.25) is 0 Å². The Kier molecular flexibility index (Phi) is 3.73. The molecule has 4 aliphatic carbocycles. The Morgan fingerprint density at radius 1 is 0.375 bits per heavy atom. The van der Waals surface area contributed by atoms with Gasteiger partial charge >= 0.3 is 0 Å². The molecule has 0 aromatic rings. The standard InChI is InChI=1S/C24H14/c1(5-19-11-15-21-7-3-8-22(21)16-12-19)2-6-20-13-17-23-9-4-10-24(23)18-14-20/h3-4,7-18H. The van der Waals surface area contributed by atoms with E-state index in [4.69, 9.17) is 0 Å². The average molecular weight is 302 g/mol. The van der Waals surface area contributed by atoms with E-state index < -0.39 is 0 Å². The monoisotopic (exact) mass is 302 g/mol. The zero-order valence-corrected chi connectivity index (χ0v) is 13.1. The summed E-state index contributed by atoms with van der Waals surface area (Å²) in [5.41, 5.74) is 6.85. The van der Waals surface area contributed by atoms with E-state index >= 15 is 0 Å². The highest BCUT2D eigenvalue weighted by Gasteiger charge is 1.98. The number of hydrogen-bond donors (Lipinski definition) is 0. The molecule has 24 heavy (non-hydrogen) atoms. The molecule has 0 unspecified atom stereocenters. The lowest BCUT2D eigenvalue weighted by Gasteiger charge is -1.85. The van der Waals surface area contributed by atoms with Gasteiger partial charge in [0.15, 0.2) is 0 Å². The van der Waals surface area contributed by atoms with Gasteiger partial charge in [-0.2, -0.15) is 0 Å². The van der Waals surface area contributed by atoms with Crippen LogP contribution in [0.3, 0.4) is 0 Å². The van der Waals surface area contributed by atoms with Crippen LogP contribution in [0.1, 0.15) is 11.1 Å². The maximum absolute atomic E-state index is 3.11. The number of rotatable bonds is 0. The first-order valence-electron chi connectivity index (χ1n) is 7.88. The predicted octanol–water partition coefficient (Wildman–Crippen LogP) is 5.30. The zero-order chi connectivity index (χ0) is 16.2. The van der Waals surface area contributed by atoms with E-state index in [0.29, 0.717) is 0 Å². The van der Waals surface area contributed by atoms with Gasteiger partial charge in [0, 0.05) is 11.1 Å². The summed E-state index contributed by atoms with van der Waals surface area (Å²) in [7, 11) is 0. The molecule has 0 bridgehead atoms. The molecule has 0 heterocycles. The van der Waals surface area contributed by atoms with Crippen molar-refractivity contribution >= 4 is 0 Å². The Balaban J connectivity index is 1.58. The van der Waals surface area contributed by atoms with Crippen LogP contribution in [0.15, 0.2) is 84.9 Å². The minimum absolute atomic E-state index is 0.970. The van der Waals surface area contributed by atoms with E-state index in [1.165, 1.54) is 22.3 Å². The van der Waals surface area contributed by atoms with Crippen LogP contribution in [0.25, 0.3) is 22.3 Å². The summed E-state index contributed by atoms with van der Waals surface area (Å²) in [5.74, 6) is 12.1. The molecule has 0 atom stereocenters. The van der Waals surface area contributed by atoms with Crippen LogP contribution in [0.5, 0.6) is 0 Å². The van der Waals surface area contributed by atoms with Crippen molar-refractivity contribution in [2.24, 2.45) is 0 Å². The smallest absolute Gasteiger partial charge is 0.0255 e.